The van der Waals surface area contributed by atoms with E-state index in [1.807, 2.05) is 0 Å². The van der Waals surface area contributed by atoms with Gasteiger partial charge in [-0.2, -0.15) is 0 Å². The molecular formula is C9H17BrN2O. The Hall–Kier alpha value is -0.350. The van der Waals surface area contributed by atoms with Gasteiger partial charge in [-0.3, -0.25) is 4.79 Å². The summed E-state index contributed by atoms with van der Waals surface area (Å²) in [5.74, 6) is -0.103. The Morgan fingerprint density at radius 1 is 1.69 bits per heavy atom. The van der Waals surface area contributed by atoms with Crippen molar-refractivity contribution in [1.29, 1.82) is 0 Å². The Morgan fingerprint density at radius 2 is 2.31 bits per heavy atom. The Labute approximate surface area is 87.9 Å². The monoisotopic (exact) mass is 248 g/mol. The van der Waals surface area contributed by atoms with E-state index >= 15 is 0 Å². The number of unbranched alkanes of at least 4 members (excludes halogenated alkanes) is 1. The van der Waals surface area contributed by atoms with E-state index in [0.717, 1.165) is 23.7 Å². The zero-order valence-corrected chi connectivity index (χ0v) is 9.56. The summed E-state index contributed by atoms with van der Waals surface area (Å²) in [4.78, 5) is 11.3. The van der Waals surface area contributed by atoms with Crippen molar-refractivity contribution in [2.75, 3.05) is 6.54 Å². The minimum absolute atomic E-state index is 0.103. The fourth-order valence-electron chi connectivity index (χ4n) is 0.869. The summed E-state index contributed by atoms with van der Waals surface area (Å²) in [7, 11) is 0. The van der Waals surface area contributed by atoms with Crippen LogP contribution in [0.4, 0.5) is 0 Å². The number of hydrogen-bond donors (Lipinski definition) is 2. The van der Waals surface area contributed by atoms with E-state index in [-0.39, 0.29) is 11.9 Å². The van der Waals surface area contributed by atoms with Crippen LogP contribution in [0, 0.1) is 0 Å². The second-order valence-electron chi connectivity index (χ2n) is 2.98. The highest BCUT2D eigenvalue weighted by atomic mass is 79.9. The maximum Gasteiger partial charge on any atom is 0.237 e. The van der Waals surface area contributed by atoms with Crippen molar-refractivity contribution in [3.8, 4) is 0 Å². The van der Waals surface area contributed by atoms with Gasteiger partial charge >= 0.3 is 0 Å². The Morgan fingerprint density at radius 3 is 2.77 bits per heavy atom. The smallest absolute Gasteiger partial charge is 0.237 e. The molecule has 76 valence electrons. The molecule has 0 aromatic heterocycles. The van der Waals surface area contributed by atoms with Gasteiger partial charge in [-0.15, -0.1) is 0 Å². The molecule has 13 heavy (non-hydrogen) atoms. The van der Waals surface area contributed by atoms with Gasteiger partial charge in [-0.1, -0.05) is 42.3 Å². The van der Waals surface area contributed by atoms with Crippen molar-refractivity contribution in [1.82, 2.24) is 5.32 Å². The SMILES string of the molecule is C=C(Br)CNC(=O)[C@@H](N)CCCC. The number of rotatable bonds is 6. The van der Waals surface area contributed by atoms with Crippen LogP contribution in [0.2, 0.25) is 0 Å². The van der Waals surface area contributed by atoms with E-state index in [2.05, 4.69) is 34.7 Å². The van der Waals surface area contributed by atoms with E-state index in [4.69, 9.17) is 5.73 Å². The fraction of sp³-hybridized carbons (Fsp3) is 0.667. The first kappa shape index (κ1) is 12.7. The van der Waals surface area contributed by atoms with Crippen molar-refractivity contribution in [3.05, 3.63) is 11.1 Å². The molecule has 0 unspecified atom stereocenters. The second-order valence-corrected chi connectivity index (χ2v) is 4.11. The van der Waals surface area contributed by atoms with Crippen LogP contribution in [0.1, 0.15) is 26.2 Å². The summed E-state index contributed by atoms with van der Waals surface area (Å²) in [6, 6.07) is -0.383. The van der Waals surface area contributed by atoms with Crippen molar-refractivity contribution in [3.63, 3.8) is 0 Å². The van der Waals surface area contributed by atoms with Crippen molar-refractivity contribution in [2.45, 2.75) is 32.2 Å². The van der Waals surface area contributed by atoms with Gasteiger partial charge in [0.05, 0.1) is 6.04 Å². The molecule has 0 aliphatic heterocycles. The molecule has 0 radical (unpaired) electrons. The summed E-state index contributed by atoms with van der Waals surface area (Å²) < 4.78 is 0.753. The van der Waals surface area contributed by atoms with Gasteiger partial charge in [0.1, 0.15) is 0 Å². The number of amides is 1. The highest BCUT2D eigenvalue weighted by Gasteiger charge is 2.11. The molecule has 3 N–H and O–H groups in total. The molecule has 0 aliphatic carbocycles. The van der Waals surface area contributed by atoms with Crippen LogP contribution in [-0.2, 0) is 4.79 Å². The van der Waals surface area contributed by atoms with Gasteiger partial charge < -0.3 is 11.1 Å². The van der Waals surface area contributed by atoms with Crippen LogP contribution in [0.5, 0.6) is 0 Å². The summed E-state index contributed by atoms with van der Waals surface area (Å²) >= 11 is 3.15. The summed E-state index contributed by atoms with van der Waals surface area (Å²) in [6.45, 7) is 6.13. The number of halogens is 1. The number of hydrogen-bond acceptors (Lipinski definition) is 2. The normalized spacial score (nSPS) is 12.2. The van der Waals surface area contributed by atoms with E-state index in [9.17, 15) is 4.79 Å². The lowest BCUT2D eigenvalue weighted by Gasteiger charge is -2.10. The number of carbonyl (C=O) groups is 1. The van der Waals surface area contributed by atoms with E-state index < -0.39 is 0 Å². The third-order valence-electron chi connectivity index (χ3n) is 1.66. The topological polar surface area (TPSA) is 55.1 Å². The average Bonchev–Trinajstić information content (AvgIpc) is 2.10. The summed E-state index contributed by atoms with van der Waals surface area (Å²) in [5.41, 5.74) is 5.63. The van der Waals surface area contributed by atoms with Gasteiger partial charge in [0.25, 0.3) is 0 Å². The molecule has 0 fully saturated rings. The van der Waals surface area contributed by atoms with E-state index in [0.29, 0.717) is 6.54 Å². The van der Waals surface area contributed by atoms with E-state index in [1.165, 1.54) is 0 Å². The quantitative estimate of drug-likeness (QED) is 0.750. The highest BCUT2D eigenvalue weighted by molar-refractivity contribution is 9.11. The molecule has 4 heteroatoms. The number of carbonyl (C=O) groups excluding carboxylic acids is 1. The molecule has 3 nitrogen and oxygen atoms in total. The maximum atomic E-state index is 11.3. The Kier molecular flexibility index (Phi) is 6.90. The first-order valence-electron chi connectivity index (χ1n) is 4.44. The molecule has 0 rings (SSSR count). The maximum absolute atomic E-state index is 11.3. The first-order valence-corrected chi connectivity index (χ1v) is 5.23. The molecule has 1 atom stereocenters. The van der Waals surface area contributed by atoms with Crippen LogP contribution >= 0.6 is 15.9 Å². The van der Waals surface area contributed by atoms with Crippen LogP contribution in [0.15, 0.2) is 11.1 Å². The van der Waals surface area contributed by atoms with Crippen molar-refractivity contribution in [2.24, 2.45) is 5.73 Å². The van der Waals surface area contributed by atoms with Crippen molar-refractivity contribution >= 4 is 21.8 Å². The molecule has 0 heterocycles. The minimum atomic E-state index is -0.383. The average molecular weight is 249 g/mol. The van der Waals surface area contributed by atoms with E-state index in [1.54, 1.807) is 0 Å². The van der Waals surface area contributed by atoms with Gasteiger partial charge in [-0.05, 0) is 6.42 Å². The lowest BCUT2D eigenvalue weighted by atomic mass is 10.1. The van der Waals surface area contributed by atoms with Crippen LogP contribution in [-0.4, -0.2) is 18.5 Å². The second kappa shape index (κ2) is 7.09. The molecule has 0 saturated heterocycles. The fourth-order valence-corrected chi connectivity index (χ4v) is 1.01. The molecule has 0 spiro atoms. The first-order chi connectivity index (χ1) is 6.07. The molecule has 1 amide bonds. The Balaban J connectivity index is 3.63. The van der Waals surface area contributed by atoms with Gasteiger partial charge in [0.2, 0.25) is 5.91 Å². The Bertz CT molecular complexity index is 182. The van der Waals surface area contributed by atoms with Crippen LogP contribution < -0.4 is 11.1 Å². The highest BCUT2D eigenvalue weighted by Crippen LogP contribution is 2.00. The number of nitrogens with one attached hydrogen (secondary N) is 1. The molecular weight excluding hydrogens is 232 g/mol. The lowest BCUT2D eigenvalue weighted by molar-refractivity contribution is -0.122. The van der Waals surface area contributed by atoms with Crippen molar-refractivity contribution < 1.29 is 4.79 Å². The van der Waals surface area contributed by atoms with Gasteiger partial charge in [0.15, 0.2) is 0 Å². The predicted molar refractivity (Wildman–Crippen MR) is 58.6 cm³/mol. The third-order valence-corrected chi connectivity index (χ3v) is 1.94. The standard InChI is InChI=1S/C9H17BrN2O/c1-3-4-5-8(11)9(13)12-6-7(2)10/h8H,2-6,11H2,1H3,(H,12,13)/t8-/m0/s1. The summed E-state index contributed by atoms with van der Waals surface area (Å²) in [5, 5.41) is 2.68. The number of nitrogens with two attached hydrogens (primary N) is 1. The van der Waals surface area contributed by atoms with Gasteiger partial charge in [0, 0.05) is 11.0 Å². The largest absolute Gasteiger partial charge is 0.350 e. The summed E-state index contributed by atoms with van der Waals surface area (Å²) in [6.07, 6.45) is 2.80. The molecule has 0 bridgehead atoms. The molecule has 0 aromatic rings. The third kappa shape index (κ3) is 6.78. The van der Waals surface area contributed by atoms with Crippen LogP contribution in [0.3, 0.4) is 0 Å². The zero-order valence-electron chi connectivity index (χ0n) is 7.98. The molecule has 0 aromatic carbocycles. The lowest BCUT2D eigenvalue weighted by Crippen LogP contribution is -2.40. The van der Waals surface area contributed by atoms with Gasteiger partial charge in [-0.25, -0.2) is 0 Å². The minimum Gasteiger partial charge on any atom is -0.350 e. The molecule has 0 saturated carbocycles. The zero-order chi connectivity index (χ0) is 10.3. The van der Waals surface area contributed by atoms with Crippen LogP contribution in [0.25, 0.3) is 0 Å². The predicted octanol–water partition coefficient (Wildman–Crippen LogP) is 1.53. The molecule has 0 aliphatic rings.